The first kappa shape index (κ1) is 14.7. The molecule has 0 radical (unpaired) electrons. The van der Waals surface area contributed by atoms with Gasteiger partial charge >= 0.3 is 5.97 Å². The largest absolute Gasteiger partial charge is 0.480 e. The molecule has 0 aliphatic carbocycles. The van der Waals surface area contributed by atoms with Crippen molar-refractivity contribution < 1.29 is 14.8 Å². The molecule has 0 bridgehead atoms. The van der Waals surface area contributed by atoms with E-state index >= 15 is 0 Å². The molecule has 0 heterocycles. The zero-order valence-electron chi connectivity index (χ0n) is 11.1. The molecule has 108 valence electrons. The number of non-ortho nitro benzene ring substituents is 1. The standard InChI is InChI=1S/C15H14N2O4/c18-15(19)14(12-6-2-1-3-7-12)16-10-11-5-4-8-13(9-11)17(20)21/h1-9,14,16H,10H2,(H,18,19). The van der Waals surface area contributed by atoms with Gasteiger partial charge in [0, 0.05) is 18.7 Å². The van der Waals surface area contributed by atoms with Crippen molar-refractivity contribution in [3.8, 4) is 0 Å². The molecule has 0 saturated heterocycles. The number of rotatable bonds is 6. The third-order valence-corrected chi connectivity index (χ3v) is 3.01. The lowest BCUT2D eigenvalue weighted by Gasteiger charge is -2.14. The Hall–Kier alpha value is -2.73. The molecule has 21 heavy (non-hydrogen) atoms. The molecule has 1 unspecified atom stereocenters. The maximum Gasteiger partial charge on any atom is 0.325 e. The van der Waals surface area contributed by atoms with E-state index in [1.807, 2.05) is 6.07 Å². The average Bonchev–Trinajstić information content (AvgIpc) is 2.48. The highest BCUT2D eigenvalue weighted by molar-refractivity contribution is 5.75. The monoisotopic (exact) mass is 286 g/mol. The third kappa shape index (κ3) is 3.87. The Morgan fingerprint density at radius 2 is 1.90 bits per heavy atom. The number of aliphatic carboxylic acids is 1. The molecular formula is C15H14N2O4. The Morgan fingerprint density at radius 3 is 2.52 bits per heavy atom. The van der Waals surface area contributed by atoms with Crippen LogP contribution in [0.4, 0.5) is 5.69 Å². The van der Waals surface area contributed by atoms with E-state index in [1.165, 1.54) is 12.1 Å². The van der Waals surface area contributed by atoms with Gasteiger partial charge in [-0.3, -0.25) is 20.2 Å². The fourth-order valence-corrected chi connectivity index (χ4v) is 1.99. The number of benzene rings is 2. The Morgan fingerprint density at radius 1 is 1.19 bits per heavy atom. The highest BCUT2D eigenvalue weighted by atomic mass is 16.6. The second-order valence-electron chi connectivity index (χ2n) is 4.49. The Balaban J connectivity index is 2.11. The van der Waals surface area contributed by atoms with Crippen molar-refractivity contribution in [3.63, 3.8) is 0 Å². The fourth-order valence-electron chi connectivity index (χ4n) is 1.99. The first-order valence-electron chi connectivity index (χ1n) is 6.32. The molecule has 6 heteroatoms. The van der Waals surface area contributed by atoms with Crippen LogP contribution in [0.1, 0.15) is 17.2 Å². The predicted molar refractivity (Wildman–Crippen MR) is 76.8 cm³/mol. The van der Waals surface area contributed by atoms with Crippen LogP contribution in [0, 0.1) is 10.1 Å². The molecule has 1 atom stereocenters. The van der Waals surface area contributed by atoms with E-state index in [1.54, 1.807) is 36.4 Å². The minimum Gasteiger partial charge on any atom is -0.480 e. The molecule has 0 fully saturated rings. The summed E-state index contributed by atoms with van der Waals surface area (Å²) < 4.78 is 0. The van der Waals surface area contributed by atoms with Crippen molar-refractivity contribution in [1.29, 1.82) is 0 Å². The molecule has 0 saturated carbocycles. The number of hydrogen-bond donors (Lipinski definition) is 2. The highest BCUT2D eigenvalue weighted by Crippen LogP contribution is 2.16. The molecule has 0 aliphatic rings. The number of carbonyl (C=O) groups is 1. The van der Waals surface area contributed by atoms with Gasteiger partial charge in [-0.1, -0.05) is 42.5 Å². The summed E-state index contributed by atoms with van der Waals surface area (Å²) >= 11 is 0. The van der Waals surface area contributed by atoms with E-state index in [9.17, 15) is 20.0 Å². The van der Waals surface area contributed by atoms with Crippen molar-refractivity contribution in [1.82, 2.24) is 5.32 Å². The molecule has 0 aromatic heterocycles. The normalized spacial score (nSPS) is 11.8. The van der Waals surface area contributed by atoms with Gasteiger partial charge in [0.05, 0.1) is 4.92 Å². The summed E-state index contributed by atoms with van der Waals surface area (Å²) in [7, 11) is 0. The molecular weight excluding hydrogens is 272 g/mol. The van der Waals surface area contributed by atoms with Crippen molar-refractivity contribution in [2.24, 2.45) is 0 Å². The van der Waals surface area contributed by atoms with Gasteiger partial charge in [0.2, 0.25) is 0 Å². The quantitative estimate of drug-likeness (QED) is 0.628. The summed E-state index contributed by atoms with van der Waals surface area (Å²) in [6, 6.07) is 14.0. The zero-order valence-corrected chi connectivity index (χ0v) is 11.1. The van der Waals surface area contributed by atoms with E-state index in [4.69, 9.17) is 0 Å². The van der Waals surface area contributed by atoms with Gasteiger partial charge in [0.1, 0.15) is 6.04 Å². The fraction of sp³-hybridized carbons (Fsp3) is 0.133. The summed E-state index contributed by atoms with van der Waals surface area (Å²) in [4.78, 5) is 21.6. The molecule has 2 aromatic rings. The van der Waals surface area contributed by atoms with Gasteiger partial charge < -0.3 is 5.11 Å². The van der Waals surface area contributed by atoms with Gasteiger partial charge in [0.15, 0.2) is 0 Å². The summed E-state index contributed by atoms with van der Waals surface area (Å²) in [5.41, 5.74) is 1.28. The van der Waals surface area contributed by atoms with E-state index in [2.05, 4.69) is 5.32 Å². The summed E-state index contributed by atoms with van der Waals surface area (Å²) in [5, 5.41) is 22.9. The maximum atomic E-state index is 11.3. The SMILES string of the molecule is O=C(O)C(NCc1cccc([N+](=O)[O-])c1)c1ccccc1. The van der Waals surface area contributed by atoms with Crippen LogP contribution in [0.15, 0.2) is 54.6 Å². The smallest absolute Gasteiger partial charge is 0.325 e. The van der Waals surface area contributed by atoms with Crippen LogP contribution in [0.2, 0.25) is 0 Å². The number of nitrogens with zero attached hydrogens (tertiary/aromatic N) is 1. The average molecular weight is 286 g/mol. The Bertz CT molecular complexity index is 643. The molecule has 0 aliphatic heterocycles. The number of carboxylic acid groups (broad SMARTS) is 1. The maximum absolute atomic E-state index is 11.3. The molecule has 6 nitrogen and oxygen atoms in total. The Labute approximate surface area is 121 Å². The lowest BCUT2D eigenvalue weighted by atomic mass is 10.1. The van der Waals surface area contributed by atoms with Crippen LogP contribution in [0.3, 0.4) is 0 Å². The highest BCUT2D eigenvalue weighted by Gasteiger charge is 2.18. The van der Waals surface area contributed by atoms with Crippen molar-refractivity contribution >= 4 is 11.7 Å². The second kappa shape index (κ2) is 6.62. The van der Waals surface area contributed by atoms with Crippen LogP contribution >= 0.6 is 0 Å². The van der Waals surface area contributed by atoms with E-state index in [0.717, 1.165) is 0 Å². The number of nitro groups is 1. The molecule has 0 spiro atoms. The van der Waals surface area contributed by atoms with Crippen LogP contribution < -0.4 is 5.32 Å². The number of nitrogens with one attached hydrogen (secondary N) is 1. The predicted octanol–water partition coefficient (Wildman–Crippen LogP) is 2.51. The molecule has 2 rings (SSSR count). The van der Waals surface area contributed by atoms with Crippen LogP contribution in [0.5, 0.6) is 0 Å². The number of hydrogen-bond acceptors (Lipinski definition) is 4. The topological polar surface area (TPSA) is 92.5 Å². The molecule has 2 N–H and O–H groups in total. The summed E-state index contributed by atoms with van der Waals surface area (Å²) in [6.45, 7) is 0.230. The lowest BCUT2D eigenvalue weighted by molar-refractivity contribution is -0.384. The lowest BCUT2D eigenvalue weighted by Crippen LogP contribution is -2.28. The van der Waals surface area contributed by atoms with E-state index in [0.29, 0.717) is 11.1 Å². The van der Waals surface area contributed by atoms with Crippen LogP contribution in [-0.2, 0) is 11.3 Å². The van der Waals surface area contributed by atoms with E-state index in [-0.39, 0.29) is 12.2 Å². The van der Waals surface area contributed by atoms with Crippen molar-refractivity contribution in [2.45, 2.75) is 12.6 Å². The first-order valence-corrected chi connectivity index (χ1v) is 6.32. The van der Waals surface area contributed by atoms with E-state index < -0.39 is 16.9 Å². The minimum atomic E-state index is -0.994. The van der Waals surface area contributed by atoms with Gasteiger partial charge in [-0.05, 0) is 11.1 Å². The van der Waals surface area contributed by atoms with Crippen LogP contribution in [0.25, 0.3) is 0 Å². The number of carboxylic acids is 1. The van der Waals surface area contributed by atoms with Crippen molar-refractivity contribution in [2.75, 3.05) is 0 Å². The van der Waals surface area contributed by atoms with Gasteiger partial charge in [-0.15, -0.1) is 0 Å². The molecule has 0 amide bonds. The summed E-state index contributed by atoms with van der Waals surface area (Å²) in [5.74, 6) is -0.994. The first-order chi connectivity index (χ1) is 10.1. The van der Waals surface area contributed by atoms with Gasteiger partial charge in [-0.25, -0.2) is 0 Å². The number of nitro benzene ring substituents is 1. The van der Waals surface area contributed by atoms with Crippen LogP contribution in [-0.4, -0.2) is 16.0 Å². The Kier molecular flexibility index (Phi) is 4.63. The zero-order chi connectivity index (χ0) is 15.2. The van der Waals surface area contributed by atoms with Gasteiger partial charge in [0.25, 0.3) is 5.69 Å². The minimum absolute atomic E-state index is 0.0131. The second-order valence-corrected chi connectivity index (χ2v) is 4.49. The van der Waals surface area contributed by atoms with Gasteiger partial charge in [-0.2, -0.15) is 0 Å². The summed E-state index contributed by atoms with van der Waals surface area (Å²) in [6.07, 6.45) is 0. The third-order valence-electron chi connectivity index (χ3n) is 3.01. The van der Waals surface area contributed by atoms with Crippen molar-refractivity contribution in [3.05, 3.63) is 75.8 Å². The molecule has 2 aromatic carbocycles.